The van der Waals surface area contributed by atoms with Crippen molar-refractivity contribution in [1.29, 1.82) is 0 Å². The Morgan fingerprint density at radius 3 is 2.70 bits per heavy atom. The highest BCUT2D eigenvalue weighted by Crippen LogP contribution is 2.14. The first-order chi connectivity index (χ1) is 9.69. The van der Waals surface area contributed by atoms with Gasteiger partial charge in [-0.1, -0.05) is 40.2 Å². The van der Waals surface area contributed by atoms with Gasteiger partial charge in [-0.25, -0.2) is 0 Å². The third kappa shape index (κ3) is 4.18. The van der Waals surface area contributed by atoms with Crippen LogP contribution in [0, 0.1) is 0 Å². The lowest BCUT2D eigenvalue weighted by atomic mass is 10.1. The number of hydrogen-bond acceptors (Lipinski definition) is 3. The molecule has 2 rings (SSSR count). The fraction of sp³-hybridized carbons (Fsp3) is 0.188. The van der Waals surface area contributed by atoms with Gasteiger partial charge in [0.15, 0.2) is 5.78 Å². The van der Waals surface area contributed by atoms with Gasteiger partial charge in [-0.3, -0.25) is 4.79 Å². The maximum atomic E-state index is 11.9. The van der Waals surface area contributed by atoms with Gasteiger partial charge in [0, 0.05) is 10.0 Å². The predicted octanol–water partition coefficient (Wildman–Crippen LogP) is 3.86. The predicted molar refractivity (Wildman–Crippen MR) is 81.1 cm³/mol. The van der Waals surface area contributed by atoms with Crippen molar-refractivity contribution in [3.8, 4) is 5.75 Å². The van der Waals surface area contributed by atoms with Crippen molar-refractivity contribution in [2.75, 3.05) is 13.7 Å². The topological polar surface area (TPSA) is 35.5 Å². The van der Waals surface area contributed by atoms with E-state index in [0.29, 0.717) is 12.2 Å². The number of Topliss-reactive ketones (excluding diaryl/α,β-unsaturated/α-hetero) is 1. The van der Waals surface area contributed by atoms with Gasteiger partial charge in [0.25, 0.3) is 0 Å². The number of ether oxygens (including phenoxy) is 2. The number of benzene rings is 2. The van der Waals surface area contributed by atoms with Crippen molar-refractivity contribution in [2.24, 2.45) is 0 Å². The Labute approximate surface area is 126 Å². The van der Waals surface area contributed by atoms with Gasteiger partial charge in [-0.2, -0.15) is 0 Å². The molecule has 0 atom stereocenters. The molecule has 0 aliphatic heterocycles. The van der Waals surface area contributed by atoms with Crippen molar-refractivity contribution in [2.45, 2.75) is 6.61 Å². The molecule has 0 aliphatic carbocycles. The van der Waals surface area contributed by atoms with E-state index in [9.17, 15) is 4.79 Å². The average molecular weight is 335 g/mol. The molecular formula is C16H15BrO3. The maximum absolute atomic E-state index is 11.9. The number of ketones is 1. The molecule has 20 heavy (non-hydrogen) atoms. The first-order valence-electron chi connectivity index (χ1n) is 6.18. The van der Waals surface area contributed by atoms with Gasteiger partial charge >= 0.3 is 0 Å². The van der Waals surface area contributed by atoms with Gasteiger partial charge in [-0.05, 0) is 29.8 Å². The molecule has 4 heteroatoms. The average Bonchev–Trinajstić information content (AvgIpc) is 2.47. The Morgan fingerprint density at radius 2 is 1.95 bits per heavy atom. The molecule has 0 N–H and O–H groups in total. The molecule has 0 fully saturated rings. The number of hydrogen-bond donors (Lipinski definition) is 0. The fourth-order valence-electron chi connectivity index (χ4n) is 1.77. The van der Waals surface area contributed by atoms with E-state index in [1.807, 2.05) is 36.4 Å². The van der Waals surface area contributed by atoms with Crippen LogP contribution in [0.25, 0.3) is 0 Å². The summed E-state index contributed by atoms with van der Waals surface area (Å²) >= 11 is 3.34. The highest BCUT2D eigenvalue weighted by molar-refractivity contribution is 9.10. The molecule has 0 aliphatic rings. The Morgan fingerprint density at radius 1 is 1.15 bits per heavy atom. The summed E-state index contributed by atoms with van der Waals surface area (Å²) in [7, 11) is 1.62. The van der Waals surface area contributed by atoms with E-state index >= 15 is 0 Å². The molecule has 0 amide bonds. The van der Waals surface area contributed by atoms with E-state index in [-0.39, 0.29) is 12.4 Å². The zero-order valence-electron chi connectivity index (χ0n) is 11.1. The molecule has 0 aromatic heterocycles. The van der Waals surface area contributed by atoms with Crippen molar-refractivity contribution in [1.82, 2.24) is 0 Å². The van der Waals surface area contributed by atoms with Gasteiger partial charge in [-0.15, -0.1) is 0 Å². The maximum Gasteiger partial charge on any atom is 0.188 e. The lowest BCUT2D eigenvalue weighted by Crippen LogP contribution is -2.09. The minimum atomic E-state index is -0.0332. The second-order valence-electron chi connectivity index (χ2n) is 4.28. The van der Waals surface area contributed by atoms with Gasteiger partial charge < -0.3 is 9.47 Å². The summed E-state index contributed by atoms with van der Waals surface area (Å²) in [6.45, 7) is 0.449. The van der Waals surface area contributed by atoms with E-state index in [4.69, 9.17) is 9.47 Å². The SMILES string of the molecule is COc1cccc(COCC(=O)c2cccc(Br)c2)c1. The summed E-state index contributed by atoms with van der Waals surface area (Å²) in [5.41, 5.74) is 1.62. The molecule has 0 saturated heterocycles. The number of carbonyl (C=O) groups excluding carboxylic acids is 1. The summed E-state index contributed by atoms with van der Waals surface area (Å²) in [6.07, 6.45) is 0. The minimum Gasteiger partial charge on any atom is -0.497 e. The van der Waals surface area contributed by atoms with Crippen LogP contribution in [0.1, 0.15) is 15.9 Å². The normalized spacial score (nSPS) is 10.3. The Balaban J connectivity index is 1.88. The molecule has 2 aromatic rings. The Kier molecular flexibility index (Phi) is 5.32. The van der Waals surface area contributed by atoms with E-state index in [1.54, 1.807) is 19.2 Å². The molecule has 3 nitrogen and oxygen atoms in total. The van der Waals surface area contributed by atoms with E-state index in [1.165, 1.54) is 0 Å². The third-order valence-electron chi connectivity index (χ3n) is 2.78. The van der Waals surface area contributed by atoms with Crippen LogP contribution in [0.15, 0.2) is 53.0 Å². The molecule has 0 saturated carbocycles. The summed E-state index contributed by atoms with van der Waals surface area (Å²) in [4.78, 5) is 11.9. The van der Waals surface area contributed by atoms with Gasteiger partial charge in [0.2, 0.25) is 0 Å². The lowest BCUT2D eigenvalue weighted by molar-refractivity contribution is 0.0726. The smallest absolute Gasteiger partial charge is 0.188 e. The van der Waals surface area contributed by atoms with E-state index in [0.717, 1.165) is 15.8 Å². The second kappa shape index (κ2) is 7.22. The third-order valence-corrected chi connectivity index (χ3v) is 3.28. The van der Waals surface area contributed by atoms with Gasteiger partial charge in [0.05, 0.1) is 13.7 Å². The van der Waals surface area contributed by atoms with Crippen LogP contribution < -0.4 is 4.74 Å². The molecule has 2 aromatic carbocycles. The minimum absolute atomic E-state index is 0.0332. The molecular weight excluding hydrogens is 320 g/mol. The summed E-state index contributed by atoms with van der Waals surface area (Å²) in [5, 5.41) is 0. The molecule has 104 valence electrons. The van der Waals surface area contributed by atoms with E-state index in [2.05, 4.69) is 15.9 Å². The first kappa shape index (κ1) is 14.8. The second-order valence-corrected chi connectivity index (χ2v) is 5.19. The molecule has 0 unspecified atom stereocenters. The largest absolute Gasteiger partial charge is 0.497 e. The van der Waals surface area contributed by atoms with Crippen molar-refractivity contribution < 1.29 is 14.3 Å². The number of halogens is 1. The summed E-state index contributed by atoms with van der Waals surface area (Å²) in [6, 6.07) is 14.9. The van der Waals surface area contributed by atoms with Crippen molar-refractivity contribution in [3.63, 3.8) is 0 Å². The standard InChI is InChI=1S/C16H15BrO3/c1-19-15-7-2-4-12(8-15)10-20-11-16(18)13-5-3-6-14(17)9-13/h2-9H,10-11H2,1H3. The van der Waals surface area contributed by atoms with Gasteiger partial charge in [0.1, 0.15) is 12.4 Å². The number of methoxy groups -OCH3 is 1. The zero-order chi connectivity index (χ0) is 14.4. The quantitative estimate of drug-likeness (QED) is 0.752. The zero-order valence-corrected chi connectivity index (χ0v) is 12.7. The molecule has 0 heterocycles. The first-order valence-corrected chi connectivity index (χ1v) is 6.98. The van der Waals surface area contributed by atoms with E-state index < -0.39 is 0 Å². The fourth-order valence-corrected chi connectivity index (χ4v) is 2.17. The van der Waals surface area contributed by atoms with Crippen molar-refractivity contribution >= 4 is 21.7 Å². The highest BCUT2D eigenvalue weighted by atomic mass is 79.9. The summed E-state index contributed by atoms with van der Waals surface area (Å²) < 4.78 is 11.5. The van der Waals surface area contributed by atoms with Crippen LogP contribution in [-0.2, 0) is 11.3 Å². The van der Waals surface area contributed by atoms with Crippen LogP contribution in [0.5, 0.6) is 5.75 Å². The number of rotatable bonds is 6. The van der Waals surface area contributed by atoms with Crippen molar-refractivity contribution in [3.05, 3.63) is 64.1 Å². The Hall–Kier alpha value is -1.65. The van der Waals surface area contributed by atoms with Crippen LogP contribution in [0.3, 0.4) is 0 Å². The van der Waals surface area contributed by atoms with Crippen LogP contribution >= 0.6 is 15.9 Å². The lowest BCUT2D eigenvalue weighted by Gasteiger charge is -2.06. The van der Waals surface area contributed by atoms with Crippen LogP contribution in [0.4, 0.5) is 0 Å². The molecule has 0 spiro atoms. The van der Waals surface area contributed by atoms with Crippen LogP contribution in [0.2, 0.25) is 0 Å². The van der Waals surface area contributed by atoms with Crippen LogP contribution in [-0.4, -0.2) is 19.5 Å². The number of carbonyl (C=O) groups is 1. The summed E-state index contributed by atoms with van der Waals surface area (Å²) in [5.74, 6) is 0.749. The molecule has 0 radical (unpaired) electrons. The monoisotopic (exact) mass is 334 g/mol. The highest BCUT2D eigenvalue weighted by Gasteiger charge is 2.06. The molecule has 0 bridgehead atoms. The Bertz CT molecular complexity index is 596.